The number of aliphatic imine (C=N–C) groups is 1. The fourth-order valence-electron chi connectivity index (χ4n) is 1.45. The Morgan fingerprint density at radius 2 is 2.33 bits per heavy atom. The zero-order valence-electron chi connectivity index (χ0n) is 8.73. The molecule has 0 unspecified atom stereocenters. The first-order valence-corrected chi connectivity index (χ1v) is 4.99. The molecule has 3 nitrogen and oxygen atoms in total. The zero-order valence-corrected chi connectivity index (χ0v) is 8.73. The van der Waals surface area contributed by atoms with Crippen molar-refractivity contribution >= 4 is 11.9 Å². The molecule has 0 aromatic heterocycles. The normalized spacial score (nSPS) is 15.1. The maximum atomic E-state index is 5.15. The second-order valence-electron chi connectivity index (χ2n) is 3.30. The first-order chi connectivity index (χ1) is 7.38. The summed E-state index contributed by atoms with van der Waals surface area (Å²) in [5.74, 6) is 1.83. The lowest BCUT2D eigenvalue weighted by molar-refractivity contribution is 0.414. The molecule has 0 saturated heterocycles. The Hall–Kier alpha value is -1.77. The van der Waals surface area contributed by atoms with Crippen molar-refractivity contribution in [1.82, 2.24) is 5.32 Å². The maximum absolute atomic E-state index is 5.15. The molecular formula is C12H14N2O. The van der Waals surface area contributed by atoms with E-state index in [1.165, 1.54) is 0 Å². The van der Waals surface area contributed by atoms with E-state index in [4.69, 9.17) is 4.74 Å². The molecule has 3 heteroatoms. The predicted molar refractivity (Wildman–Crippen MR) is 62.3 cm³/mol. The summed E-state index contributed by atoms with van der Waals surface area (Å²) in [4.78, 5) is 4.28. The van der Waals surface area contributed by atoms with Crippen molar-refractivity contribution in [2.24, 2.45) is 4.99 Å². The molecule has 15 heavy (non-hydrogen) atoms. The molecule has 1 aliphatic rings. The van der Waals surface area contributed by atoms with Gasteiger partial charge in [0, 0.05) is 6.54 Å². The van der Waals surface area contributed by atoms with Crippen molar-refractivity contribution in [3.05, 3.63) is 35.9 Å². The summed E-state index contributed by atoms with van der Waals surface area (Å²) in [5.41, 5.74) is 1.12. The molecule has 2 rings (SSSR count). The number of hydrogen-bond acceptors (Lipinski definition) is 3. The highest BCUT2D eigenvalue weighted by Gasteiger charge is 1.99. The third kappa shape index (κ3) is 2.59. The van der Waals surface area contributed by atoms with E-state index in [9.17, 15) is 0 Å². The number of hydrogen-bond donors (Lipinski definition) is 1. The van der Waals surface area contributed by atoms with Gasteiger partial charge >= 0.3 is 0 Å². The second-order valence-corrected chi connectivity index (χ2v) is 3.30. The number of ether oxygens (including phenoxy) is 1. The molecule has 0 bridgehead atoms. The van der Waals surface area contributed by atoms with Gasteiger partial charge in [-0.1, -0.05) is 18.2 Å². The molecule has 1 N–H and O–H groups in total. The van der Waals surface area contributed by atoms with E-state index in [-0.39, 0.29) is 0 Å². The quantitative estimate of drug-likeness (QED) is 0.809. The Kier molecular flexibility index (Phi) is 3.02. The predicted octanol–water partition coefficient (Wildman–Crippen LogP) is 1.71. The van der Waals surface area contributed by atoms with Crippen LogP contribution in [0.5, 0.6) is 5.75 Å². The molecule has 0 atom stereocenters. The molecule has 0 spiro atoms. The van der Waals surface area contributed by atoms with E-state index in [1.54, 1.807) is 7.11 Å². The number of benzene rings is 1. The van der Waals surface area contributed by atoms with Crippen LogP contribution in [0.1, 0.15) is 5.56 Å². The van der Waals surface area contributed by atoms with E-state index in [0.29, 0.717) is 0 Å². The third-order valence-corrected chi connectivity index (χ3v) is 2.23. The van der Waals surface area contributed by atoms with E-state index in [2.05, 4.69) is 10.3 Å². The molecule has 1 aliphatic heterocycles. The summed E-state index contributed by atoms with van der Waals surface area (Å²) < 4.78 is 5.15. The van der Waals surface area contributed by atoms with E-state index < -0.39 is 0 Å². The van der Waals surface area contributed by atoms with Crippen LogP contribution in [-0.2, 0) is 0 Å². The van der Waals surface area contributed by atoms with Crippen molar-refractivity contribution < 1.29 is 4.74 Å². The highest BCUT2D eigenvalue weighted by atomic mass is 16.5. The molecular weight excluding hydrogens is 188 g/mol. The monoisotopic (exact) mass is 202 g/mol. The molecule has 0 amide bonds. The molecule has 0 fully saturated rings. The van der Waals surface area contributed by atoms with Crippen molar-refractivity contribution in [2.45, 2.75) is 0 Å². The van der Waals surface area contributed by atoms with Gasteiger partial charge in [0.15, 0.2) is 0 Å². The van der Waals surface area contributed by atoms with Crippen LogP contribution in [0.3, 0.4) is 0 Å². The van der Waals surface area contributed by atoms with Gasteiger partial charge in [-0.3, -0.25) is 4.99 Å². The lowest BCUT2D eigenvalue weighted by Crippen LogP contribution is -2.15. The third-order valence-electron chi connectivity index (χ3n) is 2.23. The Labute approximate surface area is 89.5 Å². The molecule has 1 heterocycles. The first-order valence-electron chi connectivity index (χ1n) is 4.99. The van der Waals surface area contributed by atoms with Crippen LogP contribution < -0.4 is 10.1 Å². The number of methoxy groups -OCH3 is 1. The summed E-state index contributed by atoms with van der Waals surface area (Å²) in [6.45, 7) is 1.82. The molecule has 1 aromatic rings. The van der Waals surface area contributed by atoms with Gasteiger partial charge in [0.1, 0.15) is 11.6 Å². The van der Waals surface area contributed by atoms with Gasteiger partial charge in [-0.2, -0.15) is 0 Å². The number of nitrogens with one attached hydrogen (secondary N) is 1. The standard InChI is InChI=1S/C12H14N2O/c1-15-11-4-2-3-10(9-11)5-6-12-13-7-8-14-12/h2-6,9H,7-8H2,1H3,(H,13,14)/b6-5+. The second kappa shape index (κ2) is 4.64. The Bertz CT molecular complexity index is 396. The van der Waals surface area contributed by atoms with Crippen molar-refractivity contribution in [3.63, 3.8) is 0 Å². The summed E-state index contributed by atoms with van der Waals surface area (Å²) >= 11 is 0. The maximum Gasteiger partial charge on any atom is 0.120 e. The molecule has 0 aliphatic carbocycles. The molecule has 1 aromatic carbocycles. The SMILES string of the molecule is COc1cccc(/C=C/C2=NCCN2)c1. The number of nitrogens with zero attached hydrogens (tertiary/aromatic N) is 1. The molecule has 78 valence electrons. The minimum absolute atomic E-state index is 0.873. The summed E-state index contributed by atoms with van der Waals surface area (Å²) in [5, 5.41) is 3.19. The van der Waals surface area contributed by atoms with Crippen LogP contribution in [0.25, 0.3) is 6.08 Å². The van der Waals surface area contributed by atoms with Gasteiger partial charge in [0.25, 0.3) is 0 Å². The first kappa shape index (κ1) is 9.77. The van der Waals surface area contributed by atoms with Gasteiger partial charge in [-0.25, -0.2) is 0 Å². The van der Waals surface area contributed by atoms with Gasteiger partial charge in [0.05, 0.1) is 13.7 Å². The summed E-state index contributed by atoms with van der Waals surface area (Å²) in [6, 6.07) is 7.94. The topological polar surface area (TPSA) is 33.6 Å². The lowest BCUT2D eigenvalue weighted by Gasteiger charge is -2.00. The Morgan fingerprint density at radius 1 is 1.40 bits per heavy atom. The lowest BCUT2D eigenvalue weighted by atomic mass is 10.2. The molecule has 0 saturated carbocycles. The average Bonchev–Trinajstić information content (AvgIpc) is 2.79. The van der Waals surface area contributed by atoms with E-state index in [1.807, 2.05) is 36.4 Å². The minimum Gasteiger partial charge on any atom is -0.497 e. The van der Waals surface area contributed by atoms with Crippen LogP contribution in [-0.4, -0.2) is 26.0 Å². The Balaban J connectivity index is 2.09. The Morgan fingerprint density at radius 3 is 3.07 bits per heavy atom. The van der Waals surface area contributed by atoms with Crippen LogP contribution in [0, 0.1) is 0 Å². The van der Waals surface area contributed by atoms with Gasteiger partial charge < -0.3 is 10.1 Å². The van der Waals surface area contributed by atoms with E-state index in [0.717, 1.165) is 30.2 Å². The smallest absolute Gasteiger partial charge is 0.120 e. The fourth-order valence-corrected chi connectivity index (χ4v) is 1.45. The highest BCUT2D eigenvalue weighted by Crippen LogP contribution is 2.13. The molecule has 0 radical (unpaired) electrons. The largest absolute Gasteiger partial charge is 0.497 e. The summed E-state index contributed by atoms with van der Waals surface area (Å²) in [6.07, 6.45) is 4.02. The number of amidine groups is 1. The summed E-state index contributed by atoms with van der Waals surface area (Å²) in [7, 11) is 1.67. The van der Waals surface area contributed by atoms with Crippen LogP contribution in [0.2, 0.25) is 0 Å². The van der Waals surface area contributed by atoms with Crippen molar-refractivity contribution in [1.29, 1.82) is 0 Å². The van der Waals surface area contributed by atoms with E-state index >= 15 is 0 Å². The van der Waals surface area contributed by atoms with Crippen molar-refractivity contribution in [3.8, 4) is 5.75 Å². The van der Waals surface area contributed by atoms with Crippen LogP contribution >= 0.6 is 0 Å². The fraction of sp³-hybridized carbons (Fsp3) is 0.250. The van der Waals surface area contributed by atoms with Crippen molar-refractivity contribution in [2.75, 3.05) is 20.2 Å². The van der Waals surface area contributed by atoms with Gasteiger partial charge in [0.2, 0.25) is 0 Å². The highest BCUT2D eigenvalue weighted by molar-refractivity contribution is 5.97. The van der Waals surface area contributed by atoms with Gasteiger partial charge in [-0.15, -0.1) is 0 Å². The zero-order chi connectivity index (χ0) is 10.5. The minimum atomic E-state index is 0.873. The van der Waals surface area contributed by atoms with Crippen LogP contribution in [0.15, 0.2) is 35.3 Å². The van der Waals surface area contributed by atoms with Crippen LogP contribution in [0.4, 0.5) is 0 Å². The van der Waals surface area contributed by atoms with Gasteiger partial charge in [-0.05, 0) is 23.8 Å². The average molecular weight is 202 g/mol. The number of rotatable bonds is 3.